The lowest BCUT2D eigenvalue weighted by Crippen LogP contribution is -2.47. The summed E-state index contributed by atoms with van der Waals surface area (Å²) in [6.45, 7) is 2.31. The monoisotopic (exact) mass is 412 g/mol. The van der Waals surface area contributed by atoms with Crippen molar-refractivity contribution in [3.05, 3.63) is 71.3 Å². The largest absolute Gasteiger partial charge is 0.351 e. The number of nitrogens with one attached hydrogen (secondary N) is 1. The van der Waals surface area contributed by atoms with Gasteiger partial charge in [-0.1, -0.05) is 73.9 Å². The van der Waals surface area contributed by atoms with Crippen molar-refractivity contribution in [2.45, 2.75) is 57.7 Å². The van der Waals surface area contributed by atoms with E-state index in [0.29, 0.717) is 6.54 Å². The van der Waals surface area contributed by atoms with Crippen LogP contribution in [0.5, 0.6) is 0 Å². The van der Waals surface area contributed by atoms with Gasteiger partial charge in [-0.15, -0.1) is 11.6 Å². The fourth-order valence-electron chi connectivity index (χ4n) is 4.05. The van der Waals surface area contributed by atoms with E-state index in [0.717, 1.165) is 42.4 Å². The number of aryl methyl sites for hydroxylation is 1. The average molecular weight is 413 g/mol. The lowest BCUT2D eigenvalue weighted by Gasteiger charge is -2.34. The molecule has 2 aromatic carbocycles. The minimum absolute atomic E-state index is 0.124. The van der Waals surface area contributed by atoms with Crippen LogP contribution in [0.25, 0.3) is 0 Å². The van der Waals surface area contributed by atoms with E-state index in [9.17, 15) is 9.59 Å². The van der Waals surface area contributed by atoms with Crippen molar-refractivity contribution in [1.82, 2.24) is 10.2 Å². The Bertz CT molecular complexity index is 819. The first-order valence-electron chi connectivity index (χ1n) is 10.4. The number of alkyl halides is 1. The molecule has 154 valence electrons. The standard InChI is InChI=1S/C24H29ClN2O2/c1-18-10-8-9-15-21(18)23(24(29)26-20-13-6-3-7-14-20)27(22(28)16-25)17-19-11-4-2-5-12-19/h2,4-5,8-12,15,20,23H,3,6-7,13-14,16-17H2,1H3,(H,26,29). The Balaban J connectivity index is 1.95. The topological polar surface area (TPSA) is 49.4 Å². The average Bonchev–Trinajstić information content (AvgIpc) is 2.75. The molecule has 2 aromatic rings. The number of carbonyl (C=O) groups excluding carboxylic acids is 2. The summed E-state index contributed by atoms with van der Waals surface area (Å²) in [5.41, 5.74) is 2.79. The predicted octanol–water partition coefficient (Wildman–Crippen LogP) is 4.75. The molecule has 2 amide bonds. The second kappa shape index (κ2) is 10.4. The summed E-state index contributed by atoms with van der Waals surface area (Å²) in [6.07, 6.45) is 5.48. The van der Waals surface area contributed by atoms with E-state index in [2.05, 4.69) is 5.32 Å². The minimum Gasteiger partial charge on any atom is -0.351 e. The van der Waals surface area contributed by atoms with Crippen molar-refractivity contribution < 1.29 is 9.59 Å². The molecule has 0 radical (unpaired) electrons. The van der Waals surface area contributed by atoms with Gasteiger partial charge in [0.25, 0.3) is 0 Å². The molecule has 29 heavy (non-hydrogen) atoms. The molecule has 1 aliphatic carbocycles. The van der Waals surface area contributed by atoms with E-state index in [1.165, 1.54) is 6.42 Å². The molecule has 0 spiro atoms. The fraction of sp³-hybridized carbons (Fsp3) is 0.417. The van der Waals surface area contributed by atoms with Gasteiger partial charge in [-0.2, -0.15) is 0 Å². The molecule has 0 heterocycles. The van der Waals surface area contributed by atoms with Gasteiger partial charge >= 0.3 is 0 Å². The summed E-state index contributed by atoms with van der Waals surface area (Å²) in [5, 5.41) is 3.21. The van der Waals surface area contributed by atoms with Crippen LogP contribution in [0.1, 0.15) is 54.8 Å². The third-order valence-electron chi connectivity index (χ3n) is 5.63. The van der Waals surface area contributed by atoms with Gasteiger partial charge in [0.1, 0.15) is 11.9 Å². The SMILES string of the molecule is Cc1ccccc1C(C(=O)NC1CCCCC1)N(Cc1ccccc1)C(=O)CCl. The summed E-state index contributed by atoms with van der Waals surface area (Å²) >= 11 is 5.96. The highest BCUT2D eigenvalue weighted by Crippen LogP contribution is 2.28. The maximum atomic E-state index is 13.5. The molecule has 5 heteroatoms. The van der Waals surface area contributed by atoms with E-state index in [4.69, 9.17) is 11.6 Å². The van der Waals surface area contributed by atoms with Gasteiger partial charge in [0, 0.05) is 12.6 Å². The summed E-state index contributed by atoms with van der Waals surface area (Å²) in [4.78, 5) is 27.9. The van der Waals surface area contributed by atoms with Gasteiger partial charge < -0.3 is 10.2 Å². The normalized spacial score (nSPS) is 15.5. The molecule has 3 rings (SSSR count). The third kappa shape index (κ3) is 5.60. The van der Waals surface area contributed by atoms with Gasteiger partial charge in [0.15, 0.2) is 0 Å². The van der Waals surface area contributed by atoms with E-state index in [1.807, 2.05) is 61.5 Å². The van der Waals surface area contributed by atoms with Crippen LogP contribution in [0.4, 0.5) is 0 Å². The quantitative estimate of drug-likeness (QED) is 0.667. The molecule has 1 unspecified atom stereocenters. The van der Waals surface area contributed by atoms with Crippen LogP contribution in [0.2, 0.25) is 0 Å². The van der Waals surface area contributed by atoms with Crippen LogP contribution in [0.3, 0.4) is 0 Å². The van der Waals surface area contributed by atoms with Gasteiger partial charge in [0.2, 0.25) is 11.8 Å². The Labute approximate surface area is 178 Å². The molecule has 0 aliphatic heterocycles. The van der Waals surface area contributed by atoms with Crippen molar-refractivity contribution in [3.63, 3.8) is 0 Å². The third-order valence-corrected chi connectivity index (χ3v) is 5.85. The highest BCUT2D eigenvalue weighted by molar-refractivity contribution is 6.27. The van der Waals surface area contributed by atoms with E-state index < -0.39 is 6.04 Å². The Hall–Kier alpha value is -2.33. The highest BCUT2D eigenvalue weighted by Gasteiger charge is 2.33. The van der Waals surface area contributed by atoms with Crippen molar-refractivity contribution in [1.29, 1.82) is 0 Å². The lowest BCUT2D eigenvalue weighted by atomic mass is 9.94. The van der Waals surface area contributed by atoms with Crippen LogP contribution >= 0.6 is 11.6 Å². The first-order valence-corrected chi connectivity index (χ1v) is 10.9. The molecule has 1 aliphatic rings. The number of nitrogens with zero attached hydrogens (tertiary/aromatic N) is 1. The van der Waals surface area contributed by atoms with E-state index >= 15 is 0 Å². The molecular weight excluding hydrogens is 384 g/mol. The summed E-state index contributed by atoms with van der Waals surface area (Å²) < 4.78 is 0. The number of halogens is 1. The number of rotatable bonds is 7. The number of hydrogen-bond donors (Lipinski definition) is 1. The minimum atomic E-state index is -0.704. The van der Waals surface area contributed by atoms with Crippen LogP contribution in [-0.4, -0.2) is 28.6 Å². The molecular formula is C24H29ClN2O2. The van der Waals surface area contributed by atoms with Gasteiger partial charge in [-0.05, 0) is 36.5 Å². The number of benzene rings is 2. The van der Waals surface area contributed by atoms with Gasteiger partial charge in [-0.25, -0.2) is 0 Å². The first-order chi connectivity index (χ1) is 14.1. The molecule has 0 saturated heterocycles. The summed E-state index contributed by atoms with van der Waals surface area (Å²) in [7, 11) is 0. The lowest BCUT2D eigenvalue weighted by molar-refractivity contribution is -0.140. The Morgan fingerprint density at radius 1 is 1.03 bits per heavy atom. The molecule has 1 fully saturated rings. The maximum Gasteiger partial charge on any atom is 0.247 e. The molecule has 1 atom stereocenters. The zero-order valence-electron chi connectivity index (χ0n) is 16.9. The first kappa shape index (κ1) is 21.4. The van der Waals surface area contributed by atoms with E-state index in [1.54, 1.807) is 4.90 Å². The van der Waals surface area contributed by atoms with Crippen LogP contribution < -0.4 is 5.32 Å². The van der Waals surface area contributed by atoms with Crippen LogP contribution in [0.15, 0.2) is 54.6 Å². The van der Waals surface area contributed by atoms with E-state index in [-0.39, 0.29) is 23.7 Å². The summed E-state index contributed by atoms with van der Waals surface area (Å²) in [5.74, 6) is -0.533. The molecule has 4 nitrogen and oxygen atoms in total. The highest BCUT2D eigenvalue weighted by atomic mass is 35.5. The zero-order chi connectivity index (χ0) is 20.6. The van der Waals surface area contributed by atoms with Gasteiger partial charge in [-0.3, -0.25) is 9.59 Å². The van der Waals surface area contributed by atoms with Crippen LogP contribution in [-0.2, 0) is 16.1 Å². The smallest absolute Gasteiger partial charge is 0.247 e. The predicted molar refractivity (Wildman–Crippen MR) is 117 cm³/mol. The Kier molecular flexibility index (Phi) is 7.70. The Morgan fingerprint density at radius 3 is 2.34 bits per heavy atom. The van der Waals surface area contributed by atoms with Crippen LogP contribution in [0, 0.1) is 6.92 Å². The number of amides is 2. The number of hydrogen-bond acceptors (Lipinski definition) is 2. The van der Waals surface area contributed by atoms with Crippen molar-refractivity contribution >= 4 is 23.4 Å². The van der Waals surface area contributed by atoms with Crippen molar-refractivity contribution in [2.75, 3.05) is 5.88 Å². The van der Waals surface area contributed by atoms with Crippen molar-refractivity contribution in [3.8, 4) is 0 Å². The molecule has 1 saturated carbocycles. The second-order valence-electron chi connectivity index (χ2n) is 7.74. The fourth-order valence-corrected chi connectivity index (χ4v) is 4.21. The molecule has 0 aromatic heterocycles. The zero-order valence-corrected chi connectivity index (χ0v) is 17.7. The Morgan fingerprint density at radius 2 is 1.69 bits per heavy atom. The maximum absolute atomic E-state index is 13.5. The van der Waals surface area contributed by atoms with Crippen molar-refractivity contribution in [2.24, 2.45) is 0 Å². The summed E-state index contributed by atoms with van der Waals surface area (Å²) in [6, 6.07) is 17.0. The second-order valence-corrected chi connectivity index (χ2v) is 8.01. The number of carbonyl (C=O) groups is 2. The van der Waals surface area contributed by atoms with Gasteiger partial charge in [0.05, 0.1) is 0 Å². The molecule has 1 N–H and O–H groups in total. The molecule has 0 bridgehead atoms.